The molecule has 0 atom stereocenters. The summed E-state index contributed by atoms with van der Waals surface area (Å²) in [6, 6.07) is 18.1. The van der Waals surface area contributed by atoms with E-state index in [0.29, 0.717) is 13.0 Å². The molecule has 1 amide bonds. The minimum absolute atomic E-state index is 0.0608. The van der Waals surface area contributed by atoms with E-state index in [-0.39, 0.29) is 5.91 Å². The molecule has 2 nitrogen and oxygen atoms in total. The Hall–Kier alpha value is -2.35. The third-order valence-electron chi connectivity index (χ3n) is 4.01. The van der Waals surface area contributed by atoms with Crippen molar-refractivity contribution in [3.8, 4) is 0 Å². The summed E-state index contributed by atoms with van der Waals surface area (Å²) in [7, 11) is 0. The van der Waals surface area contributed by atoms with Crippen molar-refractivity contribution in [1.82, 2.24) is 5.32 Å². The van der Waals surface area contributed by atoms with Crippen molar-refractivity contribution in [2.75, 3.05) is 0 Å². The number of carbonyl (C=O) groups excluding carboxylic acids is 1. The van der Waals surface area contributed by atoms with E-state index in [4.69, 9.17) is 0 Å². The SMILES string of the molecule is CCCCC/C=C\c1ccccc1CC(=O)NCc1ccccc1. The summed E-state index contributed by atoms with van der Waals surface area (Å²) in [5.41, 5.74) is 3.34. The summed E-state index contributed by atoms with van der Waals surface area (Å²) in [6.07, 6.45) is 9.63. The molecule has 1 N–H and O–H groups in total. The second-order valence-corrected chi connectivity index (χ2v) is 6.04. The molecule has 2 aromatic rings. The van der Waals surface area contributed by atoms with Crippen LogP contribution in [0.3, 0.4) is 0 Å². The maximum Gasteiger partial charge on any atom is 0.224 e. The van der Waals surface area contributed by atoms with Gasteiger partial charge in [-0.25, -0.2) is 0 Å². The first-order valence-electron chi connectivity index (χ1n) is 8.84. The smallest absolute Gasteiger partial charge is 0.224 e. The number of unbranched alkanes of at least 4 members (excludes halogenated alkanes) is 3. The fraction of sp³-hybridized carbons (Fsp3) is 0.318. The van der Waals surface area contributed by atoms with Crippen molar-refractivity contribution < 1.29 is 4.79 Å². The molecule has 0 spiro atoms. The summed E-state index contributed by atoms with van der Waals surface area (Å²) >= 11 is 0. The van der Waals surface area contributed by atoms with Crippen LogP contribution in [0.15, 0.2) is 60.7 Å². The predicted octanol–water partition coefficient (Wildman–Crippen LogP) is 5.14. The monoisotopic (exact) mass is 321 g/mol. The lowest BCUT2D eigenvalue weighted by Crippen LogP contribution is -2.24. The molecule has 0 aliphatic heterocycles. The van der Waals surface area contributed by atoms with Gasteiger partial charge < -0.3 is 5.32 Å². The van der Waals surface area contributed by atoms with E-state index >= 15 is 0 Å². The highest BCUT2D eigenvalue weighted by molar-refractivity contribution is 5.79. The molecule has 0 heterocycles. The third-order valence-corrected chi connectivity index (χ3v) is 4.01. The van der Waals surface area contributed by atoms with Crippen LogP contribution in [0, 0.1) is 0 Å². The number of amides is 1. The Balaban J connectivity index is 1.88. The quantitative estimate of drug-likeness (QED) is 0.637. The van der Waals surface area contributed by atoms with Crippen molar-refractivity contribution in [2.45, 2.75) is 45.6 Å². The molecule has 0 saturated heterocycles. The summed E-state index contributed by atoms with van der Waals surface area (Å²) in [4.78, 5) is 12.2. The number of nitrogens with one attached hydrogen (secondary N) is 1. The van der Waals surface area contributed by atoms with E-state index in [1.165, 1.54) is 19.3 Å². The third kappa shape index (κ3) is 6.41. The average molecular weight is 321 g/mol. The van der Waals surface area contributed by atoms with Crippen LogP contribution < -0.4 is 5.32 Å². The summed E-state index contributed by atoms with van der Waals surface area (Å²) in [5.74, 6) is 0.0608. The zero-order valence-electron chi connectivity index (χ0n) is 14.5. The minimum Gasteiger partial charge on any atom is -0.352 e. The number of hydrogen-bond acceptors (Lipinski definition) is 1. The first kappa shape index (κ1) is 18.0. The average Bonchev–Trinajstić information content (AvgIpc) is 2.62. The zero-order chi connectivity index (χ0) is 17.0. The van der Waals surface area contributed by atoms with Gasteiger partial charge in [-0.15, -0.1) is 0 Å². The van der Waals surface area contributed by atoms with Crippen LogP contribution in [0.25, 0.3) is 6.08 Å². The number of rotatable bonds is 9. The van der Waals surface area contributed by atoms with E-state index in [1.807, 2.05) is 48.5 Å². The van der Waals surface area contributed by atoms with E-state index < -0.39 is 0 Å². The Morgan fingerprint density at radius 2 is 1.75 bits per heavy atom. The van der Waals surface area contributed by atoms with Gasteiger partial charge in [0.2, 0.25) is 5.91 Å². The van der Waals surface area contributed by atoms with Crippen LogP contribution in [-0.4, -0.2) is 5.91 Å². The highest BCUT2D eigenvalue weighted by atomic mass is 16.1. The molecule has 2 aromatic carbocycles. The molecule has 126 valence electrons. The van der Waals surface area contributed by atoms with Crippen LogP contribution in [0.5, 0.6) is 0 Å². The van der Waals surface area contributed by atoms with Gasteiger partial charge in [0.1, 0.15) is 0 Å². The highest BCUT2D eigenvalue weighted by Gasteiger charge is 2.06. The number of hydrogen-bond donors (Lipinski definition) is 1. The lowest BCUT2D eigenvalue weighted by molar-refractivity contribution is -0.120. The van der Waals surface area contributed by atoms with Gasteiger partial charge >= 0.3 is 0 Å². The van der Waals surface area contributed by atoms with Gasteiger partial charge in [-0.3, -0.25) is 4.79 Å². The van der Waals surface area contributed by atoms with Gasteiger partial charge in [-0.1, -0.05) is 86.5 Å². The van der Waals surface area contributed by atoms with Crippen LogP contribution in [-0.2, 0) is 17.8 Å². The Labute approximate surface area is 145 Å². The summed E-state index contributed by atoms with van der Waals surface area (Å²) in [5, 5.41) is 3.00. The molecule has 0 saturated carbocycles. The molecule has 24 heavy (non-hydrogen) atoms. The summed E-state index contributed by atoms with van der Waals surface area (Å²) < 4.78 is 0. The molecular weight excluding hydrogens is 294 g/mol. The Morgan fingerprint density at radius 1 is 1.00 bits per heavy atom. The van der Waals surface area contributed by atoms with Crippen molar-refractivity contribution in [1.29, 1.82) is 0 Å². The molecule has 0 aliphatic rings. The van der Waals surface area contributed by atoms with E-state index in [2.05, 4.69) is 30.5 Å². The second kappa shape index (κ2) is 10.4. The molecule has 0 bridgehead atoms. The van der Waals surface area contributed by atoms with Gasteiger partial charge in [-0.05, 0) is 29.5 Å². The maximum absolute atomic E-state index is 12.2. The van der Waals surface area contributed by atoms with Gasteiger partial charge in [-0.2, -0.15) is 0 Å². The number of allylic oxidation sites excluding steroid dienone is 1. The molecule has 0 radical (unpaired) electrons. The van der Waals surface area contributed by atoms with Crippen LogP contribution >= 0.6 is 0 Å². The lowest BCUT2D eigenvalue weighted by Gasteiger charge is -2.08. The Morgan fingerprint density at radius 3 is 2.54 bits per heavy atom. The molecule has 0 fully saturated rings. The van der Waals surface area contributed by atoms with Gasteiger partial charge in [0.25, 0.3) is 0 Å². The van der Waals surface area contributed by atoms with Gasteiger partial charge in [0, 0.05) is 6.54 Å². The molecule has 0 aliphatic carbocycles. The molecule has 0 aromatic heterocycles. The van der Waals surface area contributed by atoms with Crippen LogP contribution in [0.1, 0.15) is 49.3 Å². The molecule has 2 heteroatoms. The largest absolute Gasteiger partial charge is 0.352 e. The van der Waals surface area contributed by atoms with Gasteiger partial charge in [0.05, 0.1) is 6.42 Å². The highest BCUT2D eigenvalue weighted by Crippen LogP contribution is 2.13. The van der Waals surface area contributed by atoms with E-state index in [0.717, 1.165) is 23.1 Å². The standard InChI is InChI=1S/C22H27NO/c1-2-3-4-5-9-14-20-15-10-11-16-21(20)17-22(24)23-18-19-12-7-6-8-13-19/h6-16H,2-5,17-18H2,1H3,(H,23,24)/b14-9-. The van der Waals surface area contributed by atoms with E-state index in [9.17, 15) is 4.79 Å². The predicted molar refractivity (Wildman–Crippen MR) is 102 cm³/mol. The molecular formula is C22H27NO. The van der Waals surface area contributed by atoms with Crippen LogP contribution in [0.2, 0.25) is 0 Å². The van der Waals surface area contributed by atoms with Crippen molar-refractivity contribution in [3.05, 3.63) is 77.4 Å². The van der Waals surface area contributed by atoms with Crippen molar-refractivity contribution in [2.24, 2.45) is 0 Å². The lowest BCUT2D eigenvalue weighted by atomic mass is 10.0. The van der Waals surface area contributed by atoms with Crippen molar-refractivity contribution >= 4 is 12.0 Å². The van der Waals surface area contributed by atoms with Crippen molar-refractivity contribution in [3.63, 3.8) is 0 Å². The molecule has 2 rings (SSSR count). The fourth-order valence-electron chi connectivity index (χ4n) is 2.61. The second-order valence-electron chi connectivity index (χ2n) is 6.04. The zero-order valence-corrected chi connectivity index (χ0v) is 14.5. The normalized spacial score (nSPS) is 10.9. The first-order valence-corrected chi connectivity index (χ1v) is 8.84. The van der Waals surface area contributed by atoms with Crippen LogP contribution in [0.4, 0.5) is 0 Å². The topological polar surface area (TPSA) is 29.1 Å². The first-order chi connectivity index (χ1) is 11.8. The fourth-order valence-corrected chi connectivity index (χ4v) is 2.61. The van der Waals surface area contributed by atoms with Gasteiger partial charge in [0.15, 0.2) is 0 Å². The summed E-state index contributed by atoms with van der Waals surface area (Å²) in [6.45, 7) is 2.79. The number of benzene rings is 2. The Kier molecular flexibility index (Phi) is 7.82. The minimum atomic E-state index is 0.0608. The Bertz CT molecular complexity index is 646. The molecule has 0 unspecified atom stereocenters. The maximum atomic E-state index is 12.2. The number of carbonyl (C=O) groups is 1. The van der Waals surface area contributed by atoms with E-state index in [1.54, 1.807) is 0 Å².